The minimum Gasteiger partial charge on any atom is -0.348 e. The highest BCUT2D eigenvalue weighted by atomic mass is 32.2. The van der Waals surface area contributed by atoms with E-state index in [1.807, 2.05) is 0 Å². The van der Waals surface area contributed by atoms with E-state index in [1.54, 1.807) is 28.9 Å². The SMILES string of the molecule is Cc1c(S(=O)(=O)N2CCCCC2)cc(C(=O)NC2CCCCCC2)n1C. The second-order valence-electron chi connectivity index (χ2n) is 7.66. The molecule has 0 aromatic carbocycles. The van der Waals surface area contributed by atoms with Gasteiger partial charge in [-0.25, -0.2) is 8.42 Å². The molecule has 0 bridgehead atoms. The van der Waals surface area contributed by atoms with Crippen LogP contribution in [0.1, 0.15) is 74.0 Å². The Balaban J connectivity index is 1.81. The summed E-state index contributed by atoms with van der Waals surface area (Å²) in [6.07, 6.45) is 9.65. The molecule has 1 N–H and O–H groups in total. The number of aromatic nitrogens is 1. The van der Waals surface area contributed by atoms with E-state index in [0.717, 1.165) is 44.9 Å². The maximum absolute atomic E-state index is 13.0. The van der Waals surface area contributed by atoms with Crippen LogP contribution < -0.4 is 5.32 Å². The first-order chi connectivity index (χ1) is 12.4. The minimum absolute atomic E-state index is 0.164. The van der Waals surface area contributed by atoms with E-state index >= 15 is 0 Å². The van der Waals surface area contributed by atoms with Gasteiger partial charge in [0, 0.05) is 31.9 Å². The standard InChI is InChI=1S/C19H31N3O3S/c1-15-18(26(24,25)22-12-8-5-9-13-22)14-17(21(15)2)19(23)20-16-10-6-3-4-7-11-16/h14,16H,3-13H2,1-2H3,(H,20,23). The van der Waals surface area contributed by atoms with Gasteiger partial charge < -0.3 is 9.88 Å². The topological polar surface area (TPSA) is 71.4 Å². The van der Waals surface area contributed by atoms with Crippen LogP contribution in [0, 0.1) is 6.92 Å². The van der Waals surface area contributed by atoms with Gasteiger partial charge in [-0.05, 0) is 38.7 Å². The van der Waals surface area contributed by atoms with Gasteiger partial charge in [0.15, 0.2) is 0 Å². The number of carbonyl (C=O) groups is 1. The van der Waals surface area contributed by atoms with Crippen LogP contribution in [0.2, 0.25) is 0 Å². The van der Waals surface area contributed by atoms with E-state index in [4.69, 9.17) is 0 Å². The highest BCUT2D eigenvalue weighted by molar-refractivity contribution is 7.89. The molecule has 6 nitrogen and oxygen atoms in total. The molecule has 0 unspecified atom stereocenters. The number of nitrogens with one attached hydrogen (secondary N) is 1. The fraction of sp³-hybridized carbons (Fsp3) is 0.737. The summed E-state index contributed by atoms with van der Waals surface area (Å²) < 4.78 is 29.3. The van der Waals surface area contributed by atoms with Gasteiger partial charge in [-0.3, -0.25) is 4.79 Å². The smallest absolute Gasteiger partial charge is 0.268 e. The largest absolute Gasteiger partial charge is 0.348 e. The van der Waals surface area contributed by atoms with E-state index in [-0.39, 0.29) is 16.8 Å². The number of rotatable bonds is 4. The lowest BCUT2D eigenvalue weighted by Crippen LogP contribution is -2.36. The van der Waals surface area contributed by atoms with Crippen molar-refractivity contribution < 1.29 is 13.2 Å². The second-order valence-corrected chi connectivity index (χ2v) is 9.57. The molecule has 0 atom stereocenters. The third-order valence-corrected chi connectivity index (χ3v) is 7.86. The van der Waals surface area contributed by atoms with Gasteiger partial charge in [0.05, 0.1) is 0 Å². The Hall–Kier alpha value is -1.34. The zero-order valence-corrected chi connectivity index (χ0v) is 16.8. The molecule has 146 valence electrons. The van der Waals surface area contributed by atoms with Crippen LogP contribution in [0.5, 0.6) is 0 Å². The van der Waals surface area contributed by atoms with Crippen molar-refractivity contribution in [1.29, 1.82) is 0 Å². The number of piperidine rings is 1. The van der Waals surface area contributed by atoms with E-state index in [9.17, 15) is 13.2 Å². The van der Waals surface area contributed by atoms with Crippen LogP contribution in [0.15, 0.2) is 11.0 Å². The first-order valence-corrected chi connectivity index (χ1v) is 11.3. The molecule has 1 aromatic rings. The minimum atomic E-state index is -3.53. The van der Waals surface area contributed by atoms with Gasteiger partial charge in [-0.15, -0.1) is 0 Å². The van der Waals surface area contributed by atoms with Gasteiger partial charge in [-0.1, -0.05) is 32.1 Å². The zero-order valence-electron chi connectivity index (χ0n) is 16.0. The summed E-state index contributed by atoms with van der Waals surface area (Å²) in [6, 6.07) is 1.76. The van der Waals surface area contributed by atoms with Crippen LogP contribution in [-0.2, 0) is 17.1 Å². The fourth-order valence-corrected chi connectivity index (χ4v) is 5.87. The summed E-state index contributed by atoms with van der Waals surface area (Å²) in [4.78, 5) is 13.0. The quantitative estimate of drug-likeness (QED) is 0.815. The highest BCUT2D eigenvalue weighted by Gasteiger charge is 2.31. The summed E-state index contributed by atoms with van der Waals surface area (Å²) in [5, 5.41) is 3.12. The Labute approximate surface area is 157 Å². The molecule has 0 radical (unpaired) electrons. The Morgan fingerprint density at radius 3 is 2.23 bits per heavy atom. The molecule has 1 saturated carbocycles. The number of nitrogens with zero attached hydrogens (tertiary/aromatic N) is 2. The molecule has 3 rings (SSSR count). The Bertz CT molecular complexity index is 740. The van der Waals surface area contributed by atoms with Crippen molar-refractivity contribution in [2.75, 3.05) is 13.1 Å². The predicted octanol–water partition coefficient (Wildman–Crippen LogP) is 2.96. The Morgan fingerprint density at radius 2 is 1.62 bits per heavy atom. The molecule has 1 saturated heterocycles. The van der Waals surface area contributed by atoms with Crippen molar-refractivity contribution in [3.05, 3.63) is 17.5 Å². The molecule has 26 heavy (non-hydrogen) atoms. The number of hydrogen-bond donors (Lipinski definition) is 1. The summed E-state index contributed by atoms with van der Waals surface area (Å²) in [5.74, 6) is -0.164. The van der Waals surface area contributed by atoms with E-state index in [2.05, 4.69) is 5.32 Å². The summed E-state index contributed by atoms with van der Waals surface area (Å²) in [7, 11) is -1.76. The summed E-state index contributed by atoms with van der Waals surface area (Å²) >= 11 is 0. The van der Waals surface area contributed by atoms with Gasteiger partial charge in [0.25, 0.3) is 5.91 Å². The summed E-state index contributed by atoms with van der Waals surface area (Å²) in [5.41, 5.74) is 1.06. The molecule has 1 aliphatic carbocycles. The molecule has 2 heterocycles. The van der Waals surface area contributed by atoms with Gasteiger partial charge in [0.1, 0.15) is 10.6 Å². The van der Waals surface area contributed by atoms with Crippen LogP contribution in [0.25, 0.3) is 0 Å². The van der Waals surface area contributed by atoms with E-state index in [0.29, 0.717) is 24.5 Å². The van der Waals surface area contributed by atoms with Gasteiger partial charge in [-0.2, -0.15) is 4.31 Å². The number of amides is 1. The highest BCUT2D eigenvalue weighted by Crippen LogP contribution is 2.26. The van der Waals surface area contributed by atoms with Crippen LogP contribution in [-0.4, -0.2) is 42.3 Å². The van der Waals surface area contributed by atoms with Crippen molar-refractivity contribution in [2.24, 2.45) is 7.05 Å². The molecular weight excluding hydrogens is 350 g/mol. The molecular formula is C19H31N3O3S. The molecule has 1 aromatic heterocycles. The summed E-state index contributed by atoms with van der Waals surface area (Å²) in [6.45, 7) is 2.92. The van der Waals surface area contributed by atoms with E-state index < -0.39 is 10.0 Å². The van der Waals surface area contributed by atoms with Crippen molar-refractivity contribution >= 4 is 15.9 Å². The third-order valence-electron chi connectivity index (χ3n) is 5.84. The molecule has 0 spiro atoms. The molecule has 7 heteroatoms. The molecule has 2 aliphatic rings. The van der Waals surface area contributed by atoms with Crippen molar-refractivity contribution in [2.45, 2.75) is 75.6 Å². The van der Waals surface area contributed by atoms with Gasteiger partial charge in [0.2, 0.25) is 10.0 Å². The zero-order chi connectivity index (χ0) is 18.7. The van der Waals surface area contributed by atoms with E-state index in [1.165, 1.54) is 12.8 Å². The predicted molar refractivity (Wildman–Crippen MR) is 102 cm³/mol. The van der Waals surface area contributed by atoms with Crippen LogP contribution >= 0.6 is 0 Å². The average molecular weight is 382 g/mol. The number of carbonyl (C=O) groups excluding carboxylic acids is 1. The third kappa shape index (κ3) is 3.98. The van der Waals surface area contributed by atoms with Crippen molar-refractivity contribution in [3.63, 3.8) is 0 Å². The lowest BCUT2D eigenvalue weighted by atomic mass is 10.1. The van der Waals surface area contributed by atoms with Crippen LogP contribution in [0.4, 0.5) is 0 Å². The average Bonchev–Trinajstić information content (AvgIpc) is 2.80. The molecule has 2 fully saturated rings. The van der Waals surface area contributed by atoms with Crippen LogP contribution in [0.3, 0.4) is 0 Å². The van der Waals surface area contributed by atoms with Gasteiger partial charge >= 0.3 is 0 Å². The second kappa shape index (κ2) is 8.13. The first kappa shape index (κ1) is 19.4. The lowest BCUT2D eigenvalue weighted by molar-refractivity contribution is 0.0925. The Morgan fingerprint density at radius 1 is 1.04 bits per heavy atom. The maximum atomic E-state index is 13.0. The van der Waals surface area contributed by atoms with Crippen molar-refractivity contribution in [3.8, 4) is 0 Å². The fourth-order valence-electron chi connectivity index (χ4n) is 4.08. The van der Waals surface area contributed by atoms with Crippen molar-refractivity contribution in [1.82, 2.24) is 14.2 Å². The number of hydrogen-bond acceptors (Lipinski definition) is 3. The Kier molecular flexibility index (Phi) is 6.07. The first-order valence-electron chi connectivity index (χ1n) is 9.88. The number of sulfonamides is 1. The lowest BCUT2D eigenvalue weighted by Gasteiger charge is -2.25. The monoisotopic (exact) mass is 381 g/mol. The molecule has 1 aliphatic heterocycles. The molecule has 1 amide bonds. The normalized spacial score (nSPS) is 20.7. The maximum Gasteiger partial charge on any atom is 0.268 e.